The van der Waals surface area contributed by atoms with Crippen LogP contribution in [0.25, 0.3) is 0 Å². The molecule has 0 saturated heterocycles. The summed E-state index contributed by atoms with van der Waals surface area (Å²) in [5.41, 5.74) is 2.49. The van der Waals surface area contributed by atoms with Crippen LogP contribution in [0.15, 0.2) is 103 Å². The summed E-state index contributed by atoms with van der Waals surface area (Å²) in [4.78, 5) is 14.0. The van der Waals surface area contributed by atoms with E-state index in [0.29, 0.717) is 49.4 Å². The predicted molar refractivity (Wildman–Crippen MR) is 173 cm³/mol. The Kier molecular flexibility index (Phi) is 12.5. The fourth-order valence-corrected chi connectivity index (χ4v) is 5.86. The molecule has 4 aromatic carbocycles. The first kappa shape index (κ1) is 34.1. The summed E-state index contributed by atoms with van der Waals surface area (Å²) in [6, 6.07) is 31.4. The molecule has 1 atom stereocenters. The molecular weight excluding hydrogens is 599 g/mol. The van der Waals surface area contributed by atoms with Gasteiger partial charge in [-0.3, -0.25) is 9.69 Å². The number of carboxylic acids is 1. The molecule has 0 spiro atoms. The average Bonchev–Trinajstić information content (AvgIpc) is 3.03. The Labute approximate surface area is 268 Å². The number of carbonyl (C=O) groups is 1. The minimum Gasteiger partial charge on any atom is -0.494 e. The molecule has 0 aliphatic heterocycles. The topological polar surface area (TPSA) is 49.8 Å². The Bertz CT molecular complexity index is 1460. The van der Waals surface area contributed by atoms with E-state index in [9.17, 15) is 23.1 Å². The molecule has 0 saturated carbocycles. The summed E-state index contributed by atoms with van der Waals surface area (Å²) >= 11 is 6.33. The van der Waals surface area contributed by atoms with Crippen molar-refractivity contribution in [2.24, 2.45) is 0 Å². The van der Waals surface area contributed by atoms with Gasteiger partial charge in [-0.25, -0.2) is 0 Å². The van der Waals surface area contributed by atoms with Crippen LogP contribution in [0.5, 0.6) is 5.75 Å². The van der Waals surface area contributed by atoms with E-state index in [4.69, 9.17) is 16.3 Å². The summed E-state index contributed by atoms with van der Waals surface area (Å²) in [5, 5.41) is 9.46. The van der Waals surface area contributed by atoms with Crippen molar-refractivity contribution in [1.29, 1.82) is 0 Å². The fraction of sp³-hybridized carbons (Fsp3) is 0.324. The number of carboxylic acid groups (broad SMARTS) is 1. The number of aliphatic carboxylic acids is 1. The van der Waals surface area contributed by atoms with Crippen molar-refractivity contribution in [3.05, 3.63) is 136 Å². The lowest BCUT2D eigenvalue weighted by Crippen LogP contribution is -2.31. The van der Waals surface area contributed by atoms with Gasteiger partial charge in [0, 0.05) is 25.6 Å². The highest BCUT2D eigenvalue weighted by Gasteiger charge is 2.34. The largest absolute Gasteiger partial charge is 0.494 e. The maximum atomic E-state index is 13.7. The Morgan fingerprint density at radius 1 is 0.867 bits per heavy atom. The van der Waals surface area contributed by atoms with Crippen molar-refractivity contribution in [2.75, 3.05) is 19.7 Å². The van der Waals surface area contributed by atoms with E-state index in [0.717, 1.165) is 30.0 Å². The molecule has 0 fully saturated rings. The minimum atomic E-state index is -4.55. The Morgan fingerprint density at radius 3 is 2.09 bits per heavy atom. The van der Waals surface area contributed by atoms with Crippen molar-refractivity contribution < 1.29 is 27.8 Å². The third-order valence-electron chi connectivity index (χ3n) is 7.92. The maximum absolute atomic E-state index is 13.7. The number of unbranched alkanes of at least 4 members (excludes halogenated alkanes) is 1. The summed E-state index contributed by atoms with van der Waals surface area (Å²) in [5.74, 6) is -0.871. The van der Waals surface area contributed by atoms with Crippen LogP contribution in [-0.4, -0.2) is 35.7 Å². The summed E-state index contributed by atoms with van der Waals surface area (Å²) in [7, 11) is 0. The molecule has 0 aromatic heterocycles. The standard InChI is InChI=1S/C37H39ClF3NO3/c1-2-3-20-32(36(43)44)29-17-10-19-31(24-29)45-23-12-22-42(25-30-18-11-21-34(35(30)38)37(39,40)41)26-33(27-13-6-4-7-14-27)28-15-8-5-9-16-28/h4-11,13-19,21,24,32-33H,2-3,12,20,22-23,25-26H2,1H3,(H,43,44)/t32-/m0/s1. The van der Waals surface area contributed by atoms with Gasteiger partial charge in [-0.2, -0.15) is 13.2 Å². The first-order chi connectivity index (χ1) is 21.7. The van der Waals surface area contributed by atoms with Crippen LogP contribution >= 0.6 is 11.6 Å². The SMILES string of the molecule is CCCC[C@H](C(=O)O)c1cccc(OCCCN(Cc2cccc(C(F)(F)F)c2Cl)CC(c2ccccc2)c2ccccc2)c1. The fourth-order valence-electron chi connectivity index (χ4n) is 5.57. The Hall–Kier alpha value is -3.81. The molecule has 0 bridgehead atoms. The lowest BCUT2D eigenvalue weighted by molar-refractivity contribution is -0.139. The van der Waals surface area contributed by atoms with Crippen LogP contribution in [0.1, 0.15) is 72.3 Å². The van der Waals surface area contributed by atoms with Gasteiger partial charge in [0.25, 0.3) is 0 Å². The zero-order valence-electron chi connectivity index (χ0n) is 25.3. The van der Waals surface area contributed by atoms with E-state index < -0.39 is 23.6 Å². The quantitative estimate of drug-likeness (QED) is 0.124. The zero-order valence-corrected chi connectivity index (χ0v) is 26.1. The summed E-state index contributed by atoms with van der Waals surface area (Å²) in [6.45, 7) is 3.70. The van der Waals surface area contributed by atoms with Gasteiger partial charge in [0.2, 0.25) is 0 Å². The van der Waals surface area contributed by atoms with Crippen LogP contribution in [0.3, 0.4) is 0 Å². The molecule has 1 N–H and O–H groups in total. The molecule has 0 amide bonds. The second-order valence-electron chi connectivity index (χ2n) is 11.2. The molecule has 45 heavy (non-hydrogen) atoms. The molecule has 0 radical (unpaired) electrons. The van der Waals surface area contributed by atoms with Gasteiger partial charge >= 0.3 is 12.1 Å². The van der Waals surface area contributed by atoms with Crippen LogP contribution < -0.4 is 4.74 Å². The number of alkyl halides is 3. The number of hydrogen-bond acceptors (Lipinski definition) is 3. The monoisotopic (exact) mass is 637 g/mol. The zero-order chi connectivity index (χ0) is 32.2. The number of ether oxygens (including phenoxy) is 1. The molecule has 0 aliphatic rings. The minimum absolute atomic E-state index is 0.0225. The highest BCUT2D eigenvalue weighted by atomic mass is 35.5. The van der Waals surface area contributed by atoms with Gasteiger partial charge in [-0.05, 0) is 53.3 Å². The molecular formula is C37H39ClF3NO3. The first-order valence-corrected chi connectivity index (χ1v) is 15.7. The summed E-state index contributed by atoms with van der Waals surface area (Å²) in [6.07, 6.45) is -1.66. The van der Waals surface area contributed by atoms with Crippen molar-refractivity contribution in [3.8, 4) is 5.75 Å². The van der Waals surface area contributed by atoms with Crippen molar-refractivity contribution in [1.82, 2.24) is 4.90 Å². The van der Waals surface area contributed by atoms with Crippen molar-refractivity contribution >= 4 is 17.6 Å². The maximum Gasteiger partial charge on any atom is 0.417 e. The molecule has 4 aromatic rings. The van der Waals surface area contributed by atoms with Gasteiger partial charge < -0.3 is 9.84 Å². The van der Waals surface area contributed by atoms with Crippen molar-refractivity contribution in [3.63, 3.8) is 0 Å². The van der Waals surface area contributed by atoms with Crippen LogP contribution in [0, 0.1) is 0 Å². The van der Waals surface area contributed by atoms with E-state index in [2.05, 4.69) is 29.2 Å². The van der Waals surface area contributed by atoms with E-state index in [1.807, 2.05) is 55.5 Å². The average molecular weight is 638 g/mol. The number of nitrogens with zero attached hydrogens (tertiary/aromatic N) is 1. The first-order valence-electron chi connectivity index (χ1n) is 15.3. The van der Waals surface area contributed by atoms with Gasteiger partial charge in [0.1, 0.15) is 5.75 Å². The van der Waals surface area contributed by atoms with E-state index in [1.54, 1.807) is 18.2 Å². The molecule has 0 unspecified atom stereocenters. The summed E-state index contributed by atoms with van der Waals surface area (Å²) < 4.78 is 47.0. The Balaban J connectivity index is 1.53. The number of hydrogen-bond donors (Lipinski definition) is 1. The smallest absolute Gasteiger partial charge is 0.417 e. The van der Waals surface area contributed by atoms with Gasteiger partial charge in [0.15, 0.2) is 0 Å². The van der Waals surface area contributed by atoms with Crippen LogP contribution in [-0.2, 0) is 17.5 Å². The lowest BCUT2D eigenvalue weighted by Gasteiger charge is -2.29. The van der Waals surface area contributed by atoms with Crippen molar-refractivity contribution in [2.45, 2.75) is 57.2 Å². The molecule has 4 rings (SSSR count). The Morgan fingerprint density at radius 2 is 1.49 bits per heavy atom. The van der Waals surface area contributed by atoms with Gasteiger partial charge in [-0.1, -0.05) is 116 Å². The molecule has 8 heteroatoms. The highest BCUT2D eigenvalue weighted by molar-refractivity contribution is 6.32. The molecule has 0 aliphatic carbocycles. The molecule has 4 nitrogen and oxygen atoms in total. The third kappa shape index (κ3) is 9.84. The van der Waals surface area contributed by atoms with E-state index in [1.165, 1.54) is 6.07 Å². The van der Waals surface area contributed by atoms with Crippen LogP contribution in [0.4, 0.5) is 13.2 Å². The highest BCUT2D eigenvalue weighted by Crippen LogP contribution is 2.37. The second kappa shape index (κ2) is 16.5. The van der Waals surface area contributed by atoms with Gasteiger partial charge in [-0.15, -0.1) is 0 Å². The van der Waals surface area contributed by atoms with Gasteiger partial charge in [0.05, 0.1) is 23.1 Å². The molecule has 0 heterocycles. The normalized spacial score (nSPS) is 12.4. The second-order valence-corrected chi connectivity index (χ2v) is 11.6. The number of benzene rings is 4. The third-order valence-corrected chi connectivity index (χ3v) is 8.36. The number of halogens is 4. The molecule has 238 valence electrons. The number of rotatable bonds is 16. The van der Waals surface area contributed by atoms with Crippen LogP contribution in [0.2, 0.25) is 5.02 Å². The van der Waals surface area contributed by atoms with E-state index >= 15 is 0 Å². The van der Waals surface area contributed by atoms with E-state index in [-0.39, 0.29) is 17.5 Å². The lowest BCUT2D eigenvalue weighted by atomic mass is 9.90. The predicted octanol–water partition coefficient (Wildman–Crippen LogP) is 9.82.